The summed E-state index contributed by atoms with van der Waals surface area (Å²) < 4.78 is 6.35. The normalized spacial score (nSPS) is 23.2. The Morgan fingerprint density at radius 2 is 1.64 bits per heavy atom. The fraction of sp³-hybridized carbons (Fsp3) is 0.483. The summed E-state index contributed by atoms with van der Waals surface area (Å²) in [5.41, 5.74) is 3.23. The number of rotatable bonds is 3. The molecule has 188 valence electrons. The first kappa shape index (κ1) is 23.1. The van der Waals surface area contributed by atoms with Crippen LogP contribution in [0.25, 0.3) is 0 Å². The van der Waals surface area contributed by atoms with Crippen molar-refractivity contribution in [3.63, 3.8) is 0 Å². The smallest absolute Gasteiger partial charge is 0.228 e. The molecule has 0 saturated carbocycles. The van der Waals surface area contributed by atoms with Crippen molar-refractivity contribution >= 4 is 29.0 Å². The summed E-state index contributed by atoms with van der Waals surface area (Å²) in [5, 5.41) is 0. The molecule has 1 atom stereocenters. The Morgan fingerprint density at radius 3 is 2.36 bits per heavy atom. The van der Waals surface area contributed by atoms with Crippen LogP contribution in [-0.2, 0) is 9.59 Å². The first-order chi connectivity index (χ1) is 17.4. The van der Waals surface area contributed by atoms with Crippen molar-refractivity contribution in [2.75, 3.05) is 42.5 Å². The third-order valence-corrected chi connectivity index (χ3v) is 8.34. The standard InChI is InChI=1S/C29H33N3O4/c1-20-4-9-26-24(16-20)25(33)18-29(36-26)10-14-31(15-11-29)28(35)21-17-27(34)32(19-21)23-7-5-22(6-8-23)30-12-2-3-13-30/h4-9,16,21H,2-3,10-15,17-19H2,1H3. The van der Waals surface area contributed by atoms with Gasteiger partial charge >= 0.3 is 0 Å². The van der Waals surface area contributed by atoms with Crippen LogP contribution >= 0.6 is 0 Å². The van der Waals surface area contributed by atoms with Crippen LogP contribution in [-0.4, -0.2) is 60.8 Å². The number of aryl methyl sites for hydroxylation is 1. The molecule has 7 nitrogen and oxygen atoms in total. The van der Waals surface area contributed by atoms with Gasteiger partial charge in [0.2, 0.25) is 11.8 Å². The molecule has 4 heterocycles. The number of carbonyl (C=O) groups is 3. The minimum Gasteiger partial charge on any atom is -0.486 e. The highest BCUT2D eigenvalue weighted by Crippen LogP contribution is 2.40. The van der Waals surface area contributed by atoms with E-state index in [1.165, 1.54) is 18.5 Å². The van der Waals surface area contributed by atoms with Crippen LogP contribution in [0.5, 0.6) is 5.75 Å². The summed E-state index contributed by atoms with van der Waals surface area (Å²) >= 11 is 0. The van der Waals surface area contributed by atoms with E-state index < -0.39 is 5.60 Å². The summed E-state index contributed by atoms with van der Waals surface area (Å²) in [4.78, 5) is 45.0. The third kappa shape index (κ3) is 4.14. The number of likely N-dealkylation sites (tertiary alicyclic amines) is 1. The van der Waals surface area contributed by atoms with E-state index in [0.29, 0.717) is 50.2 Å². The average Bonchev–Trinajstić information content (AvgIpc) is 3.55. The van der Waals surface area contributed by atoms with Crippen LogP contribution < -0.4 is 14.5 Å². The minimum absolute atomic E-state index is 0.00358. The Bertz CT molecular complexity index is 1190. The van der Waals surface area contributed by atoms with Crippen LogP contribution in [0.2, 0.25) is 0 Å². The lowest BCUT2D eigenvalue weighted by Gasteiger charge is -2.44. The molecule has 6 rings (SSSR count). The Morgan fingerprint density at radius 1 is 0.944 bits per heavy atom. The number of benzene rings is 2. The number of ketones is 1. The Hall–Kier alpha value is -3.35. The second-order valence-electron chi connectivity index (χ2n) is 10.8. The Balaban J connectivity index is 1.08. The van der Waals surface area contributed by atoms with Gasteiger partial charge in [-0.1, -0.05) is 11.6 Å². The van der Waals surface area contributed by atoms with Gasteiger partial charge in [-0.25, -0.2) is 0 Å². The molecule has 3 saturated heterocycles. The summed E-state index contributed by atoms with van der Waals surface area (Å²) in [7, 11) is 0. The third-order valence-electron chi connectivity index (χ3n) is 8.34. The van der Waals surface area contributed by atoms with Crippen LogP contribution in [0, 0.1) is 12.8 Å². The zero-order valence-corrected chi connectivity index (χ0v) is 20.9. The maximum Gasteiger partial charge on any atom is 0.228 e. The quantitative estimate of drug-likeness (QED) is 0.655. The number of piperidine rings is 1. The largest absolute Gasteiger partial charge is 0.486 e. The van der Waals surface area contributed by atoms with Gasteiger partial charge in [-0.2, -0.15) is 0 Å². The van der Waals surface area contributed by atoms with Gasteiger partial charge in [0.25, 0.3) is 0 Å². The monoisotopic (exact) mass is 487 g/mol. The van der Waals surface area contributed by atoms with E-state index in [1.807, 2.05) is 42.2 Å². The molecule has 4 aliphatic rings. The molecule has 36 heavy (non-hydrogen) atoms. The lowest BCUT2D eigenvalue weighted by molar-refractivity contribution is -0.139. The van der Waals surface area contributed by atoms with Gasteiger partial charge in [0.15, 0.2) is 5.78 Å². The molecule has 2 amide bonds. The van der Waals surface area contributed by atoms with E-state index in [2.05, 4.69) is 17.0 Å². The average molecular weight is 488 g/mol. The van der Waals surface area contributed by atoms with Crippen molar-refractivity contribution in [3.8, 4) is 5.75 Å². The molecular weight excluding hydrogens is 454 g/mol. The first-order valence-electron chi connectivity index (χ1n) is 13.2. The van der Waals surface area contributed by atoms with Crippen LogP contribution in [0.15, 0.2) is 42.5 Å². The molecule has 1 spiro atoms. The lowest BCUT2D eigenvalue weighted by Crippen LogP contribution is -2.53. The molecule has 1 unspecified atom stereocenters. The molecular formula is C29H33N3O4. The Kier molecular flexibility index (Phi) is 5.73. The van der Waals surface area contributed by atoms with E-state index >= 15 is 0 Å². The number of nitrogens with zero attached hydrogens (tertiary/aromatic N) is 3. The van der Waals surface area contributed by atoms with Gasteiger partial charge in [0, 0.05) is 63.4 Å². The second-order valence-corrected chi connectivity index (χ2v) is 10.8. The molecule has 4 aliphatic heterocycles. The number of fused-ring (bicyclic) bond motifs is 1. The molecule has 2 aromatic rings. The summed E-state index contributed by atoms with van der Waals surface area (Å²) in [5.74, 6) is 0.482. The molecule has 0 bridgehead atoms. The van der Waals surface area contributed by atoms with Crippen molar-refractivity contribution in [1.29, 1.82) is 0 Å². The number of Topliss-reactive ketones (excluding diaryl/α,β-unsaturated/α-hetero) is 1. The predicted octanol–water partition coefficient (Wildman–Crippen LogP) is 3.97. The van der Waals surface area contributed by atoms with E-state index in [-0.39, 0.29) is 29.9 Å². The van der Waals surface area contributed by atoms with Crippen molar-refractivity contribution in [3.05, 3.63) is 53.6 Å². The molecule has 0 aliphatic carbocycles. The molecule has 7 heteroatoms. The van der Waals surface area contributed by atoms with Crippen molar-refractivity contribution < 1.29 is 19.1 Å². The zero-order valence-electron chi connectivity index (χ0n) is 20.9. The lowest BCUT2D eigenvalue weighted by atomic mass is 9.82. The molecule has 0 N–H and O–H groups in total. The fourth-order valence-corrected chi connectivity index (χ4v) is 6.22. The second kappa shape index (κ2) is 8.95. The van der Waals surface area contributed by atoms with E-state index in [4.69, 9.17) is 4.74 Å². The molecule has 3 fully saturated rings. The molecule has 0 radical (unpaired) electrons. The van der Waals surface area contributed by atoms with Crippen LogP contribution in [0.1, 0.15) is 54.4 Å². The van der Waals surface area contributed by atoms with Gasteiger partial charge in [-0.3, -0.25) is 14.4 Å². The van der Waals surface area contributed by atoms with Crippen LogP contribution in [0.4, 0.5) is 11.4 Å². The SMILES string of the molecule is Cc1ccc2c(c1)C(=O)CC1(CCN(C(=O)C3CC(=O)N(c4ccc(N5CCCC5)cc4)C3)CC1)O2. The highest BCUT2D eigenvalue weighted by atomic mass is 16.5. The highest BCUT2D eigenvalue weighted by molar-refractivity contribution is 6.01. The summed E-state index contributed by atoms with van der Waals surface area (Å²) in [6.45, 7) is 5.65. The number of ether oxygens (including phenoxy) is 1. The van der Waals surface area contributed by atoms with Crippen molar-refractivity contribution in [2.24, 2.45) is 5.92 Å². The minimum atomic E-state index is -0.537. The predicted molar refractivity (Wildman–Crippen MR) is 138 cm³/mol. The van der Waals surface area contributed by atoms with E-state index in [9.17, 15) is 14.4 Å². The van der Waals surface area contributed by atoms with Crippen molar-refractivity contribution in [1.82, 2.24) is 4.90 Å². The van der Waals surface area contributed by atoms with Gasteiger partial charge in [-0.15, -0.1) is 0 Å². The Labute approximate surface area is 212 Å². The summed E-state index contributed by atoms with van der Waals surface area (Å²) in [6.07, 6.45) is 4.30. The maximum atomic E-state index is 13.4. The summed E-state index contributed by atoms with van der Waals surface area (Å²) in [6, 6.07) is 13.9. The van der Waals surface area contributed by atoms with E-state index in [1.54, 1.807) is 4.90 Å². The number of anilines is 2. The topological polar surface area (TPSA) is 70.2 Å². The van der Waals surface area contributed by atoms with Gasteiger partial charge in [0.05, 0.1) is 17.9 Å². The maximum absolute atomic E-state index is 13.4. The van der Waals surface area contributed by atoms with E-state index in [0.717, 1.165) is 24.3 Å². The molecule has 2 aromatic carbocycles. The fourth-order valence-electron chi connectivity index (χ4n) is 6.22. The van der Waals surface area contributed by atoms with Crippen LogP contribution in [0.3, 0.4) is 0 Å². The molecule has 0 aromatic heterocycles. The van der Waals surface area contributed by atoms with Gasteiger partial charge < -0.3 is 19.4 Å². The highest BCUT2D eigenvalue weighted by Gasteiger charge is 2.45. The first-order valence-corrected chi connectivity index (χ1v) is 13.2. The number of hydrogen-bond acceptors (Lipinski definition) is 5. The van der Waals surface area contributed by atoms with Crippen molar-refractivity contribution in [2.45, 2.75) is 51.0 Å². The van der Waals surface area contributed by atoms with Gasteiger partial charge in [-0.05, 0) is 56.2 Å². The number of amides is 2. The van der Waals surface area contributed by atoms with Gasteiger partial charge in [0.1, 0.15) is 11.4 Å². The number of hydrogen-bond donors (Lipinski definition) is 0. The number of carbonyl (C=O) groups excluding carboxylic acids is 3. The zero-order chi connectivity index (χ0) is 24.9.